The van der Waals surface area contributed by atoms with Crippen molar-refractivity contribution in [2.45, 2.75) is 0 Å². The van der Waals surface area contributed by atoms with Gasteiger partial charge in [0.25, 0.3) is 0 Å². The summed E-state index contributed by atoms with van der Waals surface area (Å²) in [5.41, 5.74) is 0. The molecule has 6 aromatic carbocycles. The van der Waals surface area contributed by atoms with Crippen LogP contribution in [0.3, 0.4) is 0 Å². The van der Waals surface area contributed by atoms with E-state index in [-0.39, 0.29) is 11.5 Å². The van der Waals surface area contributed by atoms with Crippen LogP contribution in [0.25, 0.3) is 53.9 Å². The summed E-state index contributed by atoms with van der Waals surface area (Å²) in [5, 5.41) is 31.2. The summed E-state index contributed by atoms with van der Waals surface area (Å²) in [5.74, 6) is 0.424. The zero-order valence-corrected chi connectivity index (χ0v) is 15.0. The third-order valence-corrected chi connectivity index (χ3v) is 5.74. The quantitative estimate of drug-likeness (QED) is 0.229. The highest BCUT2D eigenvalue weighted by Crippen LogP contribution is 2.43. The molecule has 28 heavy (non-hydrogen) atoms. The molecule has 6 rings (SSSR count). The molecular weight excluding hydrogens is 344 g/mol. The van der Waals surface area contributed by atoms with Crippen molar-refractivity contribution in [1.29, 1.82) is 0 Å². The first-order valence-electron chi connectivity index (χ1n) is 9.32. The number of fused-ring (bicyclic) bond motifs is 5. The van der Waals surface area contributed by atoms with Gasteiger partial charge in [-0.25, -0.2) is 0 Å². The van der Waals surface area contributed by atoms with Gasteiger partial charge < -0.3 is 10.2 Å². The normalized spacial score (nSPS) is 11.9. The number of phenols is 2. The minimum Gasteiger partial charge on any atom is -0.507 e. The van der Waals surface area contributed by atoms with Crippen LogP contribution in [0.5, 0.6) is 11.5 Å². The van der Waals surface area contributed by atoms with Crippen LogP contribution in [0.4, 0.5) is 0 Å². The van der Waals surface area contributed by atoms with Gasteiger partial charge in [-0.2, -0.15) is 0 Å². The van der Waals surface area contributed by atoms with E-state index < -0.39 is 0 Å². The molecule has 0 saturated carbocycles. The Morgan fingerprint density at radius 1 is 0.357 bits per heavy atom. The minimum absolute atomic E-state index is 0.212. The van der Waals surface area contributed by atoms with Gasteiger partial charge in [-0.05, 0) is 68.7 Å². The number of aromatic hydroxyl groups is 2. The third-order valence-electron chi connectivity index (χ3n) is 5.74. The molecule has 0 atom stereocenters. The fourth-order valence-corrected chi connectivity index (χ4v) is 4.32. The van der Waals surface area contributed by atoms with Crippen LogP contribution in [0, 0.1) is 0 Å². The second-order valence-corrected chi connectivity index (χ2v) is 7.39. The van der Waals surface area contributed by atoms with E-state index in [9.17, 15) is 10.2 Å². The van der Waals surface area contributed by atoms with Crippen LogP contribution < -0.4 is 0 Å². The van der Waals surface area contributed by atoms with Gasteiger partial charge in [0, 0.05) is 21.5 Å². The van der Waals surface area contributed by atoms with Crippen molar-refractivity contribution < 1.29 is 10.2 Å². The Hall–Kier alpha value is -3.78. The van der Waals surface area contributed by atoms with Crippen molar-refractivity contribution in [2.24, 2.45) is 0 Å². The monoisotopic (exact) mass is 360 g/mol. The second-order valence-electron chi connectivity index (χ2n) is 7.39. The number of phenolic OH excluding ortho intramolecular Hbond substituents is 2. The van der Waals surface area contributed by atoms with Crippen LogP contribution >= 0.6 is 0 Å². The van der Waals surface area contributed by atoms with Gasteiger partial charge >= 0.3 is 0 Å². The first-order valence-corrected chi connectivity index (χ1v) is 9.32. The van der Waals surface area contributed by atoms with E-state index in [1.54, 1.807) is 0 Å². The van der Waals surface area contributed by atoms with E-state index in [4.69, 9.17) is 0 Å². The summed E-state index contributed by atoms with van der Waals surface area (Å²) in [6.07, 6.45) is 0. The van der Waals surface area contributed by atoms with Gasteiger partial charge in [0.15, 0.2) is 0 Å². The fraction of sp³-hybridized carbons (Fsp3) is 0. The van der Waals surface area contributed by atoms with Crippen molar-refractivity contribution in [2.75, 3.05) is 0 Å². The fourth-order valence-electron chi connectivity index (χ4n) is 4.32. The van der Waals surface area contributed by atoms with Gasteiger partial charge in [-0.3, -0.25) is 0 Å². The van der Waals surface area contributed by atoms with E-state index in [0.29, 0.717) is 21.5 Å². The zero-order chi connectivity index (χ0) is 18.8. The highest BCUT2D eigenvalue weighted by atomic mass is 16.3. The Kier molecular flexibility index (Phi) is 2.93. The zero-order valence-electron chi connectivity index (χ0n) is 15.0. The summed E-state index contributed by atoms with van der Waals surface area (Å²) in [6, 6.07) is 28.4. The number of hydrogen-bond donors (Lipinski definition) is 2. The van der Waals surface area contributed by atoms with Crippen molar-refractivity contribution in [3.8, 4) is 11.5 Å². The SMILES string of the molecule is Oc1c2ccccc2c(O)c2cc3cc4cc5ccccc5cc4cc3cc12. The van der Waals surface area contributed by atoms with Gasteiger partial charge in [0.2, 0.25) is 0 Å². The maximum Gasteiger partial charge on any atom is 0.131 e. The largest absolute Gasteiger partial charge is 0.507 e. The van der Waals surface area contributed by atoms with E-state index >= 15 is 0 Å². The minimum atomic E-state index is 0.212. The van der Waals surface area contributed by atoms with Crippen LogP contribution in [0.15, 0.2) is 84.9 Å². The van der Waals surface area contributed by atoms with E-state index in [1.165, 1.54) is 10.8 Å². The third kappa shape index (κ3) is 2.03. The molecule has 0 aliphatic heterocycles. The van der Waals surface area contributed by atoms with Crippen LogP contribution in [-0.2, 0) is 0 Å². The summed E-state index contributed by atoms with van der Waals surface area (Å²) >= 11 is 0. The molecule has 6 aromatic rings. The average molecular weight is 360 g/mol. The summed E-state index contributed by atoms with van der Waals surface area (Å²) in [4.78, 5) is 0. The lowest BCUT2D eigenvalue weighted by Crippen LogP contribution is -1.84. The highest BCUT2D eigenvalue weighted by molar-refractivity contribution is 6.16. The number of benzene rings is 6. The van der Waals surface area contributed by atoms with E-state index in [0.717, 1.165) is 21.5 Å². The summed E-state index contributed by atoms with van der Waals surface area (Å²) in [7, 11) is 0. The lowest BCUT2D eigenvalue weighted by Gasteiger charge is -2.12. The molecule has 0 amide bonds. The predicted octanol–water partition coefficient (Wildman–Crippen LogP) is 6.86. The Bertz CT molecular complexity index is 1460. The Morgan fingerprint density at radius 2 is 0.714 bits per heavy atom. The first kappa shape index (κ1) is 15.3. The molecule has 2 heteroatoms. The molecule has 0 fully saturated rings. The van der Waals surface area contributed by atoms with Crippen LogP contribution in [-0.4, -0.2) is 10.2 Å². The molecule has 0 radical (unpaired) electrons. The molecule has 132 valence electrons. The summed E-state index contributed by atoms with van der Waals surface area (Å²) in [6.45, 7) is 0. The molecule has 0 unspecified atom stereocenters. The molecule has 0 saturated heterocycles. The average Bonchev–Trinajstić information content (AvgIpc) is 2.73. The molecule has 0 aliphatic rings. The lowest BCUT2D eigenvalue weighted by atomic mass is 9.95. The maximum absolute atomic E-state index is 10.8. The van der Waals surface area contributed by atoms with E-state index in [2.05, 4.69) is 48.5 Å². The Balaban J connectivity index is 1.77. The molecule has 0 heterocycles. The van der Waals surface area contributed by atoms with Gasteiger partial charge in [-0.1, -0.05) is 48.5 Å². The second kappa shape index (κ2) is 5.37. The van der Waals surface area contributed by atoms with E-state index in [1.807, 2.05) is 36.4 Å². The standard InChI is InChI=1S/C26H16O2/c27-25-21-7-3-4-8-22(21)26(28)24-14-20-12-18-10-16-6-2-1-5-15(16)9-17(18)11-19(20)13-23(24)25/h1-14,27-28H. The van der Waals surface area contributed by atoms with Gasteiger partial charge in [0.1, 0.15) is 11.5 Å². The van der Waals surface area contributed by atoms with Crippen LogP contribution in [0.2, 0.25) is 0 Å². The molecule has 2 nitrogen and oxygen atoms in total. The van der Waals surface area contributed by atoms with Gasteiger partial charge in [-0.15, -0.1) is 0 Å². The number of rotatable bonds is 0. The number of hydrogen-bond acceptors (Lipinski definition) is 2. The van der Waals surface area contributed by atoms with Crippen LogP contribution in [0.1, 0.15) is 0 Å². The first-order chi connectivity index (χ1) is 13.7. The molecule has 0 bridgehead atoms. The lowest BCUT2D eigenvalue weighted by molar-refractivity contribution is 0.478. The smallest absolute Gasteiger partial charge is 0.131 e. The molecular formula is C26H16O2. The molecule has 0 aliphatic carbocycles. The Morgan fingerprint density at radius 3 is 1.18 bits per heavy atom. The van der Waals surface area contributed by atoms with Crippen molar-refractivity contribution >= 4 is 53.9 Å². The van der Waals surface area contributed by atoms with Crippen molar-refractivity contribution in [1.82, 2.24) is 0 Å². The topological polar surface area (TPSA) is 40.5 Å². The van der Waals surface area contributed by atoms with Gasteiger partial charge in [0.05, 0.1) is 0 Å². The highest BCUT2D eigenvalue weighted by Gasteiger charge is 2.14. The molecule has 0 aromatic heterocycles. The predicted molar refractivity (Wildman–Crippen MR) is 117 cm³/mol. The summed E-state index contributed by atoms with van der Waals surface area (Å²) < 4.78 is 0. The van der Waals surface area contributed by atoms with Crippen molar-refractivity contribution in [3.05, 3.63) is 84.9 Å². The maximum atomic E-state index is 10.8. The molecule has 0 spiro atoms. The van der Waals surface area contributed by atoms with Crippen molar-refractivity contribution in [3.63, 3.8) is 0 Å². The molecule has 2 N–H and O–H groups in total. The Labute approximate surface area is 160 Å².